The number of urea groups is 1. The Morgan fingerprint density at radius 2 is 2.07 bits per heavy atom. The van der Waals surface area contributed by atoms with E-state index >= 15 is 4.39 Å². The van der Waals surface area contributed by atoms with Crippen LogP contribution in [0.25, 0.3) is 0 Å². The van der Waals surface area contributed by atoms with Gasteiger partial charge in [-0.05, 0) is 26.7 Å². The number of anilines is 1. The second kappa shape index (κ2) is 7.43. The number of likely N-dealkylation sites (tertiary alicyclic amines) is 1. The van der Waals surface area contributed by atoms with Gasteiger partial charge in [-0.1, -0.05) is 5.16 Å². The standard InChI is InChI=1S/C16H20F3N5O4S/c1-15(9-20-22-12(15)13(17)18)29(26,27)16(2,19)10-3-6-24(7-4-10)14(25)21-11-5-8-28-23-11/h5,8-10,13H,3-4,6-7H2,1-2H3,(H,21,23,25)/t15?,16-/m1/s1. The molecular weight excluding hydrogens is 415 g/mol. The van der Waals surface area contributed by atoms with Gasteiger partial charge in [0.25, 0.3) is 6.43 Å². The number of hydrogen-bond acceptors (Lipinski definition) is 7. The number of carbonyl (C=O) groups excluding carboxylic acids is 1. The Balaban J connectivity index is 1.71. The third-order valence-corrected chi connectivity index (χ3v) is 8.27. The number of carbonyl (C=O) groups is 1. The van der Waals surface area contributed by atoms with Crippen LogP contribution in [0.3, 0.4) is 0 Å². The fraction of sp³-hybridized carbons (Fsp3) is 0.625. The lowest BCUT2D eigenvalue weighted by molar-refractivity contribution is 0.116. The third-order valence-electron chi connectivity index (χ3n) is 5.45. The summed E-state index contributed by atoms with van der Waals surface area (Å²) in [5.74, 6) is -0.782. The number of nitrogens with one attached hydrogen (secondary N) is 1. The van der Waals surface area contributed by atoms with Gasteiger partial charge in [-0.2, -0.15) is 10.2 Å². The fourth-order valence-electron chi connectivity index (χ4n) is 3.53. The van der Waals surface area contributed by atoms with Gasteiger partial charge >= 0.3 is 6.03 Å². The molecule has 2 atom stereocenters. The molecule has 3 rings (SSSR count). The average Bonchev–Trinajstić information content (AvgIpc) is 3.32. The monoisotopic (exact) mass is 435 g/mol. The van der Waals surface area contributed by atoms with Crippen LogP contribution < -0.4 is 5.32 Å². The van der Waals surface area contributed by atoms with Crippen LogP contribution in [-0.4, -0.2) is 65.7 Å². The second-order valence-corrected chi connectivity index (χ2v) is 9.86. The fourth-order valence-corrected chi connectivity index (χ4v) is 5.63. The van der Waals surface area contributed by atoms with Gasteiger partial charge in [-0.15, -0.1) is 0 Å². The highest BCUT2D eigenvalue weighted by atomic mass is 32.2. The number of piperidine rings is 1. The molecule has 29 heavy (non-hydrogen) atoms. The molecule has 9 nitrogen and oxygen atoms in total. The summed E-state index contributed by atoms with van der Waals surface area (Å²) in [4.78, 5) is 13.6. The SMILES string of the molecule is CC1(S(=O)(=O)[C@@](C)(F)C2CCN(C(=O)Nc3ccon3)CC2)C=NN=C1C(F)F. The van der Waals surface area contributed by atoms with E-state index in [9.17, 15) is 22.0 Å². The molecule has 1 fully saturated rings. The number of aromatic nitrogens is 1. The van der Waals surface area contributed by atoms with Gasteiger partial charge < -0.3 is 9.42 Å². The average molecular weight is 435 g/mol. The molecule has 0 aliphatic carbocycles. The number of alkyl halides is 3. The summed E-state index contributed by atoms with van der Waals surface area (Å²) in [6.45, 7) is 2.02. The van der Waals surface area contributed by atoms with Gasteiger partial charge in [0.2, 0.25) is 14.8 Å². The molecule has 160 valence electrons. The van der Waals surface area contributed by atoms with Crippen molar-refractivity contribution in [3.8, 4) is 0 Å². The Labute approximate surface area is 164 Å². The van der Waals surface area contributed by atoms with Crippen molar-refractivity contribution < 1.29 is 30.9 Å². The molecule has 2 aliphatic heterocycles. The molecule has 2 amide bonds. The number of nitrogens with zero attached hydrogens (tertiary/aromatic N) is 4. The van der Waals surface area contributed by atoms with Gasteiger partial charge in [0.15, 0.2) is 10.6 Å². The first-order chi connectivity index (χ1) is 13.5. The number of amides is 2. The zero-order valence-electron chi connectivity index (χ0n) is 15.7. The topological polar surface area (TPSA) is 117 Å². The molecule has 1 aromatic heterocycles. The molecule has 1 saturated heterocycles. The molecule has 0 radical (unpaired) electrons. The number of halogens is 3. The van der Waals surface area contributed by atoms with Crippen molar-refractivity contribution in [1.29, 1.82) is 0 Å². The molecule has 1 aromatic rings. The number of rotatable bonds is 5. The zero-order valence-corrected chi connectivity index (χ0v) is 16.5. The van der Waals surface area contributed by atoms with Gasteiger partial charge in [-0.3, -0.25) is 5.32 Å². The van der Waals surface area contributed by atoms with Crippen LogP contribution in [0, 0.1) is 5.92 Å². The van der Waals surface area contributed by atoms with Crippen LogP contribution in [0.15, 0.2) is 27.1 Å². The second-order valence-electron chi connectivity index (χ2n) is 7.20. The molecule has 3 heterocycles. The maximum absolute atomic E-state index is 15.6. The minimum Gasteiger partial charge on any atom is -0.363 e. The third kappa shape index (κ3) is 3.51. The maximum Gasteiger partial charge on any atom is 0.323 e. The highest BCUT2D eigenvalue weighted by molar-refractivity contribution is 7.95. The summed E-state index contributed by atoms with van der Waals surface area (Å²) in [5, 5.41) is 9.73. The van der Waals surface area contributed by atoms with Gasteiger partial charge in [0.05, 0.1) is 6.21 Å². The molecule has 1 unspecified atom stereocenters. The molecule has 13 heteroatoms. The van der Waals surface area contributed by atoms with Crippen molar-refractivity contribution in [2.75, 3.05) is 18.4 Å². The molecule has 0 saturated carbocycles. The summed E-state index contributed by atoms with van der Waals surface area (Å²) in [5.41, 5.74) is -0.995. The van der Waals surface area contributed by atoms with Crippen LogP contribution >= 0.6 is 0 Å². The number of hydrogen-bond donors (Lipinski definition) is 1. The highest BCUT2D eigenvalue weighted by Gasteiger charge is 2.60. The van der Waals surface area contributed by atoms with E-state index in [-0.39, 0.29) is 31.7 Å². The largest absolute Gasteiger partial charge is 0.363 e. The number of sulfone groups is 1. The van der Waals surface area contributed by atoms with E-state index in [1.807, 2.05) is 0 Å². The molecule has 0 aromatic carbocycles. The summed E-state index contributed by atoms with van der Waals surface area (Å²) >= 11 is 0. The van der Waals surface area contributed by atoms with Gasteiger partial charge in [0, 0.05) is 25.1 Å². The Bertz CT molecular complexity index is 924. The van der Waals surface area contributed by atoms with Crippen LogP contribution in [0.1, 0.15) is 26.7 Å². The first-order valence-electron chi connectivity index (χ1n) is 8.81. The van der Waals surface area contributed by atoms with Crippen LogP contribution in [0.2, 0.25) is 0 Å². The summed E-state index contributed by atoms with van der Waals surface area (Å²) in [7, 11) is -4.78. The summed E-state index contributed by atoms with van der Waals surface area (Å²) < 4.78 is 70.4. The predicted octanol–water partition coefficient (Wildman–Crippen LogP) is 2.48. The van der Waals surface area contributed by atoms with Crippen molar-refractivity contribution in [2.45, 2.75) is 42.9 Å². The smallest absolute Gasteiger partial charge is 0.323 e. The lowest BCUT2D eigenvalue weighted by Gasteiger charge is -2.40. The van der Waals surface area contributed by atoms with E-state index in [1.165, 1.54) is 17.2 Å². The van der Waals surface area contributed by atoms with Crippen LogP contribution in [0.5, 0.6) is 0 Å². The van der Waals surface area contributed by atoms with E-state index in [0.717, 1.165) is 20.1 Å². The van der Waals surface area contributed by atoms with Gasteiger partial charge in [-0.25, -0.2) is 26.4 Å². The Kier molecular flexibility index (Phi) is 5.45. The van der Waals surface area contributed by atoms with Crippen molar-refractivity contribution in [3.63, 3.8) is 0 Å². The quantitative estimate of drug-likeness (QED) is 0.763. The van der Waals surface area contributed by atoms with Crippen LogP contribution in [0.4, 0.5) is 23.8 Å². The maximum atomic E-state index is 15.6. The molecule has 2 aliphatic rings. The van der Waals surface area contributed by atoms with E-state index in [4.69, 9.17) is 0 Å². The molecule has 0 spiro atoms. The van der Waals surface area contributed by atoms with Crippen molar-refractivity contribution in [3.05, 3.63) is 12.3 Å². The van der Waals surface area contributed by atoms with Crippen molar-refractivity contribution in [2.24, 2.45) is 16.1 Å². The minimum atomic E-state index is -4.78. The van der Waals surface area contributed by atoms with E-state index < -0.39 is 43.7 Å². The van der Waals surface area contributed by atoms with Crippen molar-refractivity contribution >= 4 is 33.6 Å². The van der Waals surface area contributed by atoms with Crippen molar-refractivity contribution in [1.82, 2.24) is 10.1 Å². The summed E-state index contributed by atoms with van der Waals surface area (Å²) in [6, 6.07) is 0.963. The van der Waals surface area contributed by atoms with Gasteiger partial charge in [0.1, 0.15) is 12.0 Å². The summed E-state index contributed by atoms with van der Waals surface area (Å²) in [6.07, 6.45) is -1.09. The molecule has 0 bridgehead atoms. The van der Waals surface area contributed by atoms with Crippen LogP contribution in [-0.2, 0) is 9.84 Å². The lowest BCUT2D eigenvalue weighted by atomic mass is 9.92. The Hall–Kier alpha value is -2.44. The van der Waals surface area contributed by atoms with E-state index in [0.29, 0.717) is 0 Å². The highest BCUT2D eigenvalue weighted by Crippen LogP contribution is 2.42. The van der Waals surface area contributed by atoms with E-state index in [2.05, 4.69) is 25.2 Å². The first-order valence-corrected chi connectivity index (χ1v) is 10.3. The molecular formula is C16H20F3N5O4S. The van der Waals surface area contributed by atoms with E-state index in [1.54, 1.807) is 0 Å². The minimum absolute atomic E-state index is 0.0346. The zero-order chi connectivity index (χ0) is 21.4. The normalized spacial score (nSPS) is 25.2. The Morgan fingerprint density at radius 1 is 1.41 bits per heavy atom. The Morgan fingerprint density at radius 3 is 2.62 bits per heavy atom. The lowest BCUT2D eigenvalue weighted by Crippen LogP contribution is -2.57. The molecule has 1 N–H and O–H groups in total. The first kappa shape index (κ1) is 21.3. The predicted molar refractivity (Wildman–Crippen MR) is 98.6 cm³/mol.